The number of halogens is 2. The summed E-state index contributed by atoms with van der Waals surface area (Å²) < 4.78 is 0. The second-order valence-electron chi connectivity index (χ2n) is 2.55. The van der Waals surface area contributed by atoms with Gasteiger partial charge in [-0.05, 0) is 6.42 Å². The standard InChI is InChI=1S/C8H12Cl2O2/c1-2-3-4-5-6(11)7(12)8(9)10/h8H,2-5H2,1H3. The van der Waals surface area contributed by atoms with Crippen molar-refractivity contribution in [3.8, 4) is 0 Å². The third-order valence-corrected chi connectivity index (χ3v) is 1.88. The van der Waals surface area contributed by atoms with E-state index in [4.69, 9.17) is 23.2 Å². The second-order valence-corrected chi connectivity index (χ2v) is 3.64. The molecule has 0 unspecified atom stereocenters. The molecule has 0 radical (unpaired) electrons. The molecule has 4 heteroatoms. The molecule has 0 aliphatic rings. The van der Waals surface area contributed by atoms with Crippen LogP contribution in [-0.2, 0) is 9.59 Å². The van der Waals surface area contributed by atoms with Gasteiger partial charge in [-0.3, -0.25) is 9.59 Å². The number of rotatable bonds is 6. The minimum absolute atomic E-state index is 0.266. The minimum Gasteiger partial charge on any atom is -0.291 e. The fraction of sp³-hybridized carbons (Fsp3) is 0.750. The van der Waals surface area contributed by atoms with Gasteiger partial charge in [0, 0.05) is 6.42 Å². The summed E-state index contributed by atoms with van der Waals surface area (Å²) in [6, 6.07) is 0. The van der Waals surface area contributed by atoms with Crippen molar-refractivity contribution in [1.82, 2.24) is 0 Å². The Labute approximate surface area is 82.2 Å². The Bertz CT molecular complexity index is 166. The molecule has 0 saturated carbocycles. The number of unbranched alkanes of at least 4 members (excludes halogenated alkanes) is 2. The molecule has 0 heterocycles. The highest BCUT2D eigenvalue weighted by atomic mass is 35.5. The number of hydrogen-bond acceptors (Lipinski definition) is 2. The lowest BCUT2D eigenvalue weighted by Crippen LogP contribution is -2.19. The van der Waals surface area contributed by atoms with Crippen molar-refractivity contribution >= 4 is 34.8 Å². The average Bonchev–Trinajstić information content (AvgIpc) is 2.03. The lowest BCUT2D eigenvalue weighted by Gasteiger charge is -1.98. The van der Waals surface area contributed by atoms with Gasteiger partial charge in [0.25, 0.3) is 0 Å². The van der Waals surface area contributed by atoms with Gasteiger partial charge in [0.2, 0.25) is 11.6 Å². The molecule has 0 aliphatic heterocycles. The normalized spacial score (nSPS) is 10.3. The number of ketones is 2. The summed E-state index contributed by atoms with van der Waals surface area (Å²) in [4.78, 5) is 20.6. The number of carbonyl (C=O) groups is 2. The molecule has 2 nitrogen and oxygen atoms in total. The maximum Gasteiger partial charge on any atom is 0.231 e. The molecule has 0 aliphatic carbocycles. The molecule has 0 bridgehead atoms. The zero-order valence-corrected chi connectivity index (χ0v) is 8.49. The van der Waals surface area contributed by atoms with E-state index in [2.05, 4.69) is 0 Å². The Kier molecular flexibility index (Phi) is 6.39. The summed E-state index contributed by atoms with van der Waals surface area (Å²) in [5.41, 5.74) is 0. The molecule has 0 aromatic carbocycles. The van der Waals surface area contributed by atoms with Crippen molar-refractivity contribution in [2.24, 2.45) is 0 Å². The zero-order chi connectivity index (χ0) is 9.56. The fourth-order valence-electron chi connectivity index (χ4n) is 0.780. The van der Waals surface area contributed by atoms with Gasteiger partial charge in [-0.25, -0.2) is 0 Å². The van der Waals surface area contributed by atoms with Crippen LogP contribution in [0.15, 0.2) is 0 Å². The Hall–Kier alpha value is -0.0800. The lowest BCUT2D eigenvalue weighted by molar-refractivity contribution is -0.135. The second kappa shape index (κ2) is 6.44. The predicted octanol–water partition coefficient (Wildman–Crippen LogP) is 2.51. The van der Waals surface area contributed by atoms with E-state index in [1.807, 2.05) is 6.92 Å². The Morgan fingerprint density at radius 3 is 2.25 bits per heavy atom. The quantitative estimate of drug-likeness (QED) is 0.384. The van der Waals surface area contributed by atoms with Crippen LogP contribution in [0.1, 0.15) is 32.6 Å². The van der Waals surface area contributed by atoms with Crippen molar-refractivity contribution in [1.29, 1.82) is 0 Å². The molecule has 0 rings (SSSR count). The first kappa shape index (κ1) is 11.9. The molecule has 0 aromatic rings. The topological polar surface area (TPSA) is 34.1 Å². The van der Waals surface area contributed by atoms with E-state index in [1.54, 1.807) is 0 Å². The van der Waals surface area contributed by atoms with Gasteiger partial charge in [0.05, 0.1) is 0 Å². The van der Waals surface area contributed by atoms with E-state index in [0.717, 1.165) is 19.3 Å². The molecule has 0 atom stereocenters. The SMILES string of the molecule is CCCCCC(=O)C(=O)C(Cl)Cl. The molecule has 0 saturated heterocycles. The fourth-order valence-corrected chi connectivity index (χ4v) is 1.02. The Morgan fingerprint density at radius 1 is 1.25 bits per heavy atom. The third kappa shape index (κ3) is 4.73. The first-order chi connectivity index (χ1) is 5.59. The Balaban J connectivity index is 3.65. The van der Waals surface area contributed by atoms with Gasteiger partial charge < -0.3 is 0 Å². The average molecular weight is 211 g/mol. The van der Waals surface area contributed by atoms with E-state index in [0.29, 0.717) is 0 Å². The summed E-state index contributed by atoms with van der Waals surface area (Å²) in [6.07, 6.45) is 2.98. The van der Waals surface area contributed by atoms with Gasteiger partial charge in [0.15, 0.2) is 4.84 Å². The van der Waals surface area contributed by atoms with E-state index in [1.165, 1.54) is 0 Å². The highest BCUT2D eigenvalue weighted by Gasteiger charge is 2.19. The predicted molar refractivity (Wildman–Crippen MR) is 49.7 cm³/mol. The van der Waals surface area contributed by atoms with Crippen LogP contribution in [0.25, 0.3) is 0 Å². The summed E-state index contributed by atoms with van der Waals surface area (Å²) >= 11 is 10.5. The van der Waals surface area contributed by atoms with Crippen LogP contribution >= 0.6 is 23.2 Å². The van der Waals surface area contributed by atoms with Crippen LogP contribution in [0.2, 0.25) is 0 Å². The molecule has 0 amide bonds. The molecule has 0 N–H and O–H groups in total. The number of carbonyl (C=O) groups excluding carboxylic acids is 2. The van der Waals surface area contributed by atoms with Crippen LogP contribution in [-0.4, -0.2) is 16.4 Å². The zero-order valence-electron chi connectivity index (χ0n) is 6.98. The van der Waals surface area contributed by atoms with Gasteiger partial charge in [0.1, 0.15) is 0 Å². The smallest absolute Gasteiger partial charge is 0.231 e. The van der Waals surface area contributed by atoms with Gasteiger partial charge in [-0.2, -0.15) is 0 Å². The summed E-state index contributed by atoms with van der Waals surface area (Å²) in [7, 11) is 0. The van der Waals surface area contributed by atoms with E-state index in [-0.39, 0.29) is 6.42 Å². The van der Waals surface area contributed by atoms with E-state index >= 15 is 0 Å². The van der Waals surface area contributed by atoms with Crippen molar-refractivity contribution in [2.45, 2.75) is 37.4 Å². The van der Waals surface area contributed by atoms with E-state index in [9.17, 15) is 9.59 Å². The highest BCUT2D eigenvalue weighted by Crippen LogP contribution is 2.07. The monoisotopic (exact) mass is 210 g/mol. The summed E-state index contributed by atoms with van der Waals surface area (Å²) in [5, 5.41) is 0. The van der Waals surface area contributed by atoms with Gasteiger partial charge >= 0.3 is 0 Å². The summed E-state index contributed by atoms with van der Waals surface area (Å²) in [5.74, 6) is -1.15. The van der Waals surface area contributed by atoms with Crippen molar-refractivity contribution in [3.05, 3.63) is 0 Å². The summed E-state index contributed by atoms with van der Waals surface area (Å²) in [6.45, 7) is 2.03. The minimum atomic E-state index is -1.20. The van der Waals surface area contributed by atoms with Crippen LogP contribution in [0.5, 0.6) is 0 Å². The molecule has 0 spiro atoms. The largest absolute Gasteiger partial charge is 0.291 e. The molecular formula is C8H12Cl2O2. The van der Waals surface area contributed by atoms with Crippen LogP contribution in [0, 0.1) is 0 Å². The highest BCUT2D eigenvalue weighted by molar-refractivity contribution is 6.63. The molecular weight excluding hydrogens is 199 g/mol. The molecule has 70 valence electrons. The van der Waals surface area contributed by atoms with Crippen molar-refractivity contribution in [3.63, 3.8) is 0 Å². The van der Waals surface area contributed by atoms with Crippen molar-refractivity contribution < 1.29 is 9.59 Å². The number of Topliss-reactive ketones (excluding diaryl/α,β-unsaturated/α-hetero) is 2. The molecule has 0 fully saturated rings. The maximum atomic E-state index is 10.9. The first-order valence-electron chi connectivity index (χ1n) is 3.94. The Morgan fingerprint density at radius 2 is 1.83 bits per heavy atom. The first-order valence-corrected chi connectivity index (χ1v) is 4.82. The van der Waals surface area contributed by atoms with Crippen molar-refractivity contribution in [2.75, 3.05) is 0 Å². The lowest BCUT2D eigenvalue weighted by atomic mass is 10.1. The van der Waals surface area contributed by atoms with Crippen LogP contribution in [0.3, 0.4) is 0 Å². The van der Waals surface area contributed by atoms with Crippen LogP contribution < -0.4 is 0 Å². The van der Waals surface area contributed by atoms with Gasteiger partial charge in [-0.1, -0.05) is 43.0 Å². The third-order valence-electron chi connectivity index (χ3n) is 1.48. The molecule has 12 heavy (non-hydrogen) atoms. The van der Waals surface area contributed by atoms with E-state index < -0.39 is 16.4 Å². The number of hydrogen-bond donors (Lipinski definition) is 0. The molecule has 0 aromatic heterocycles. The van der Waals surface area contributed by atoms with Crippen LogP contribution in [0.4, 0.5) is 0 Å². The van der Waals surface area contributed by atoms with Gasteiger partial charge in [-0.15, -0.1) is 0 Å². The number of alkyl halides is 2. The maximum absolute atomic E-state index is 10.9.